The zero-order valence-electron chi connectivity index (χ0n) is 11.0. The van der Waals surface area contributed by atoms with E-state index >= 15 is 0 Å². The molecule has 2 rings (SSSR count). The lowest BCUT2D eigenvalue weighted by Crippen LogP contribution is -1.99. The van der Waals surface area contributed by atoms with Crippen LogP contribution in [0.25, 0.3) is 0 Å². The van der Waals surface area contributed by atoms with Crippen molar-refractivity contribution in [1.29, 1.82) is 0 Å². The van der Waals surface area contributed by atoms with E-state index in [9.17, 15) is 0 Å². The molecule has 2 aromatic rings. The van der Waals surface area contributed by atoms with Gasteiger partial charge in [0.1, 0.15) is 5.75 Å². The van der Waals surface area contributed by atoms with E-state index in [1.165, 1.54) is 0 Å². The normalized spacial score (nSPS) is 12.3. The summed E-state index contributed by atoms with van der Waals surface area (Å²) in [5.74, 6) is 0.570. The molecule has 0 saturated carbocycles. The third-order valence-corrected chi connectivity index (χ3v) is 5.42. The van der Waals surface area contributed by atoms with Crippen LogP contribution in [-0.2, 0) is 0 Å². The van der Waals surface area contributed by atoms with Gasteiger partial charge < -0.3 is 4.74 Å². The Hall–Kier alpha value is 0.320. The molecule has 0 heterocycles. The molecule has 0 radical (unpaired) electrons. The molecule has 2 aromatic carbocycles. The quantitative estimate of drug-likeness (QED) is 0.309. The molecule has 0 aliphatic carbocycles. The van der Waals surface area contributed by atoms with Gasteiger partial charge in [0, 0.05) is 19.1 Å². The minimum Gasteiger partial charge on any atom is -0.492 e. The van der Waals surface area contributed by atoms with Gasteiger partial charge in [0.05, 0.1) is 17.0 Å². The van der Waals surface area contributed by atoms with Crippen LogP contribution in [0, 0.1) is 3.57 Å². The number of benzene rings is 2. The summed E-state index contributed by atoms with van der Waals surface area (Å²) in [5, 5.41) is 0.667. The fourth-order valence-corrected chi connectivity index (χ4v) is 4.00. The highest BCUT2D eigenvalue weighted by atomic mass is 127. The predicted octanol–water partition coefficient (Wildman–Crippen LogP) is 7.09. The second kappa shape index (κ2) is 7.73. The zero-order valence-corrected chi connectivity index (χ0v) is 17.0. The van der Waals surface area contributed by atoms with E-state index in [0.29, 0.717) is 22.4 Å². The van der Waals surface area contributed by atoms with Crippen LogP contribution in [0.5, 0.6) is 5.75 Å². The summed E-state index contributed by atoms with van der Waals surface area (Å²) in [4.78, 5) is 0. The van der Waals surface area contributed by atoms with Crippen molar-refractivity contribution in [2.75, 3.05) is 6.61 Å². The number of hydrogen-bond donors (Lipinski definition) is 0. The molecule has 6 heteroatoms. The molecule has 0 saturated heterocycles. The van der Waals surface area contributed by atoms with Crippen molar-refractivity contribution in [2.45, 2.75) is 12.3 Å². The van der Waals surface area contributed by atoms with E-state index < -0.39 is 0 Å². The van der Waals surface area contributed by atoms with Gasteiger partial charge >= 0.3 is 0 Å². The van der Waals surface area contributed by atoms with Crippen molar-refractivity contribution in [2.24, 2.45) is 0 Å². The molecular formula is C15H11BrCl3IO. The summed E-state index contributed by atoms with van der Waals surface area (Å²) < 4.78 is 7.47. The lowest BCUT2D eigenvalue weighted by molar-refractivity contribution is 0.340. The van der Waals surface area contributed by atoms with E-state index in [0.717, 1.165) is 19.2 Å². The second-order valence-electron chi connectivity index (χ2n) is 4.27. The maximum Gasteiger partial charge on any atom is 0.139 e. The summed E-state index contributed by atoms with van der Waals surface area (Å²) in [5.41, 5.74) is 1.75. The van der Waals surface area contributed by atoms with Crippen molar-refractivity contribution in [1.82, 2.24) is 0 Å². The molecular weight excluding hydrogens is 509 g/mol. The second-order valence-corrected chi connectivity index (χ2v) is 7.59. The maximum atomic E-state index is 6.61. The highest BCUT2D eigenvalue weighted by Gasteiger charge is 2.19. The minimum absolute atomic E-state index is 0.380. The molecule has 21 heavy (non-hydrogen) atoms. The number of rotatable bonds is 4. The molecule has 0 bridgehead atoms. The number of ether oxygens (including phenoxy) is 1. The van der Waals surface area contributed by atoms with Gasteiger partial charge in [-0.1, -0.05) is 39.1 Å². The smallest absolute Gasteiger partial charge is 0.139 e. The van der Waals surface area contributed by atoms with Gasteiger partial charge in [0.25, 0.3) is 0 Å². The molecule has 0 amide bonds. The Morgan fingerprint density at radius 2 is 1.86 bits per heavy atom. The van der Waals surface area contributed by atoms with Gasteiger partial charge in [-0.25, -0.2) is 0 Å². The van der Waals surface area contributed by atoms with Gasteiger partial charge in [-0.05, 0) is 64.9 Å². The van der Waals surface area contributed by atoms with E-state index in [2.05, 4.69) is 38.5 Å². The summed E-state index contributed by atoms with van der Waals surface area (Å²) in [6.45, 7) is 2.43. The lowest BCUT2D eigenvalue weighted by atomic mass is 10.0. The highest BCUT2D eigenvalue weighted by molar-refractivity contribution is 14.1. The third-order valence-electron chi connectivity index (χ3n) is 2.86. The fourth-order valence-electron chi connectivity index (χ4n) is 1.88. The van der Waals surface area contributed by atoms with Crippen LogP contribution in [0.4, 0.5) is 0 Å². The topological polar surface area (TPSA) is 9.23 Å². The van der Waals surface area contributed by atoms with E-state index in [4.69, 9.17) is 39.5 Å². The Bertz CT molecular complexity index is 664. The molecule has 0 fully saturated rings. The molecule has 1 atom stereocenters. The Labute approximate surface area is 161 Å². The summed E-state index contributed by atoms with van der Waals surface area (Å²) >= 11 is 24.9. The molecule has 0 aliphatic heterocycles. The Morgan fingerprint density at radius 3 is 2.52 bits per heavy atom. The van der Waals surface area contributed by atoms with Gasteiger partial charge in [0.2, 0.25) is 0 Å². The van der Waals surface area contributed by atoms with Crippen molar-refractivity contribution in [3.63, 3.8) is 0 Å². The first-order valence-corrected chi connectivity index (χ1v) is 9.21. The van der Waals surface area contributed by atoms with Gasteiger partial charge in [-0.15, -0.1) is 11.6 Å². The average Bonchev–Trinajstić information content (AvgIpc) is 2.44. The highest BCUT2D eigenvalue weighted by Crippen LogP contribution is 2.41. The lowest BCUT2D eigenvalue weighted by Gasteiger charge is -2.16. The molecule has 1 nitrogen and oxygen atoms in total. The van der Waals surface area contributed by atoms with Crippen LogP contribution in [0.1, 0.15) is 23.4 Å². The van der Waals surface area contributed by atoms with Crippen LogP contribution in [0.3, 0.4) is 0 Å². The SMILES string of the molecule is CCOc1cc(Cl)c(C(Cl)c2cc(Br)ccc2I)cc1Cl. The van der Waals surface area contributed by atoms with Crippen molar-refractivity contribution in [3.05, 3.63) is 59.5 Å². The first-order chi connectivity index (χ1) is 9.93. The molecule has 0 spiro atoms. The first kappa shape index (κ1) is 17.7. The largest absolute Gasteiger partial charge is 0.492 e. The predicted molar refractivity (Wildman–Crippen MR) is 102 cm³/mol. The standard InChI is InChI=1S/C15H11BrCl3IO/c1-2-21-14-7-11(17)9(6-12(14)18)15(19)10-5-8(16)3-4-13(10)20/h3-7,15H,2H2,1H3. The minimum atomic E-state index is -0.380. The zero-order chi connectivity index (χ0) is 15.6. The van der Waals surface area contributed by atoms with E-state index in [1.54, 1.807) is 12.1 Å². The third kappa shape index (κ3) is 4.20. The Balaban J connectivity index is 2.46. The van der Waals surface area contributed by atoms with Crippen molar-refractivity contribution < 1.29 is 4.74 Å². The molecule has 0 aliphatic rings. The van der Waals surface area contributed by atoms with Gasteiger partial charge in [-0.2, -0.15) is 0 Å². The van der Waals surface area contributed by atoms with Crippen LogP contribution < -0.4 is 4.74 Å². The molecule has 112 valence electrons. The summed E-state index contributed by atoms with van der Waals surface area (Å²) in [6, 6.07) is 9.44. The van der Waals surface area contributed by atoms with Crippen LogP contribution in [-0.4, -0.2) is 6.61 Å². The Kier molecular flexibility index (Phi) is 6.51. The number of hydrogen-bond acceptors (Lipinski definition) is 1. The Morgan fingerprint density at radius 1 is 1.14 bits per heavy atom. The van der Waals surface area contributed by atoms with E-state index in [1.807, 2.05) is 25.1 Å². The number of halogens is 5. The number of alkyl halides is 1. The summed E-state index contributed by atoms with van der Waals surface area (Å²) in [7, 11) is 0. The summed E-state index contributed by atoms with van der Waals surface area (Å²) in [6.07, 6.45) is 0. The van der Waals surface area contributed by atoms with Gasteiger partial charge in [0.15, 0.2) is 0 Å². The van der Waals surface area contributed by atoms with Gasteiger partial charge in [-0.3, -0.25) is 0 Å². The van der Waals surface area contributed by atoms with E-state index in [-0.39, 0.29) is 5.38 Å². The molecule has 0 N–H and O–H groups in total. The monoisotopic (exact) mass is 518 g/mol. The van der Waals surface area contributed by atoms with Crippen molar-refractivity contribution in [3.8, 4) is 5.75 Å². The maximum absolute atomic E-state index is 6.61. The first-order valence-electron chi connectivity index (χ1n) is 6.14. The average molecular weight is 520 g/mol. The van der Waals surface area contributed by atoms with Crippen molar-refractivity contribution >= 4 is 73.3 Å². The fraction of sp³-hybridized carbons (Fsp3) is 0.200. The molecule has 1 unspecified atom stereocenters. The molecule has 0 aromatic heterocycles. The van der Waals surface area contributed by atoms with Crippen LogP contribution >= 0.6 is 73.3 Å². The van der Waals surface area contributed by atoms with Crippen LogP contribution in [0.15, 0.2) is 34.8 Å². The van der Waals surface area contributed by atoms with Crippen LogP contribution in [0.2, 0.25) is 10.0 Å².